The molecule has 1 aliphatic carbocycles. The quantitative estimate of drug-likeness (QED) is 0.923. The smallest absolute Gasteiger partial charge is 0.326 e. The van der Waals surface area contributed by atoms with E-state index < -0.39 is 23.7 Å². The van der Waals surface area contributed by atoms with Crippen LogP contribution < -0.4 is 0 Å². The molecule has 1 unspecified atom stereocenters. The third-order valence-corrected chi connectivity index (χ3v) is 4.72. The minimum atomic E-state index is -1.09. The molecule has 25 heavy (non-hydrogen) atoms. The lowest BCUT2D eigenvalue weighted by Crippen LogP contribution is -2.40. The van der Waals surface area contributed by atoms with E-state index in [0.29, 0.717) is 18.5 Å². The van der Waals surface area contributed by atoms with Gasteiger partial charge in [0.05, 0.1) is 0 Å². The lowest BCUT2D eigenvalue weighted by Gasteiger charge is -2.20. The number of aromatic nitrogens is 2. The summed E-state index contributed by atoms with van der Waals surface area (Å²) in [5, 5.41) is 13.5. The number of aryl methyl sites for hydroxylation is 1. The fourth-order valence-electron chi connectivity index (χ4n) is 3.10. The van der Waals surface area contributed by atoms with Crippen LogP contribution in [0.15, 0.2) is 18.2 Å². The van der Waals surface area contributed by atoms with Crippen molar-refractivity contribution in [2.45, 2.75) is 39.2 Å². The second-order valence-electron chi connectivity index (χ2n) is 6.42. The van der Waals surface area contributed by atoms with Crippen molar-refractivity contribution >= 4 is 11.9 Å². The van der Waals surface area contributed by atoms with Gasteiger partial charge in [-0.25, -0.2) is 13.9 Å². The maximum atomic E-state index is 14.3. The SMILES string of the molecule is Cc1ccc(F)c(-n2nc(C(=O)N(C)C(C)C(=O)O)c3c2CCC3)c1. The van der Waals surface area contributed by atoms with Gasteiger partial charge in [0.1, 0.15) is 17.5 Å². The van der Waals surface area contributed by atoms with Crippen LogP contribution in [0.1, 0.15) is 40.7 Å². The summed E-state index contributed by atoms with van der Waals surface area (Å²) in [6.07, 6.45) is 2.25. The second-order valence-corrected chi connectivity index (χ2v) is 6.42. The fourth-order valence-corrected chi connectivity index (χ4v) is 3.10. The lowest BCUT2D eigenvalue weighted by atomic mass is 10.1. The maximum absolute atomic E-state index is 14.3. The van der Waals surface area contributed by atoms with Crippen molar-refractivity contribution in [3.63, 3.8) is 0 Å². The zero-order chi connectivity index (χ0) is 18.3. The third kappa shape index (κ3) is 2.90. The molecular weight excluding hydrogens is 325 g/mol. The van der Waals surface area contributed by atoms with Crippen molar-refractivity contribution in [2.24, 2.45) is 0 Å². The van der Waals surface area contributed by atoms with Crippen LogP contribution in [0, 0.1) is 12.7 Å². The molecule has 0 aliphatic heterocycles. The Labute approximate surface area is 144 Å². The summed E-state index contributed by atoms with van der Waals surface area (Å²) in [5.74, 6) is -1.95. The highest BCUT2D eigenvalue weighted by Gasteiger charge is 2.32. The predicted octanol–water partition coefficient (Wildman–Crippen LogP) is 2.35. The Morgan fingerprint density at radius 3 is 2.76 bits per heavy atom. The number of halogens is 1. The largest absolute Gasteiger partial charge is 0.480 e. The minimum absolute atomic E-state index is 0.212. The molecule has 1 heterocycles. The van der Waals surface area contributed by atoms with Crippen molar-refractivity contribution < 1.29 is 19.1 Å². The molecule has 132 valence electrons. The molecule has 1 atom stereocenters. The topological polar surface area (TPSA) is 75.4 Å². The number of hydrogen-bond acceptors (Lipinski definition) is 3. The van der Waals surface area contributed by atoms with Gasteiger partial charge < -0.3 is 10.0 Å². The van der Waals surface area contributed by atoms with Crippen molar-refractivity contribution in [2.75, 3.05) is 7.05 Å². The normalized spacial score (nSPS) is 14.2. The first-order chi connectivity index (χ1) is 11.8. The van der Waals surface area contributed by atoms with Crippen LogP contribution in [-0.4, -0.2) is 44.8 Å². The van der Waals surface area contributed by atoms with Gasteiger partial charge in [-0.15, -0.1) is 0 Å². The van der Waals surface area contributed by atoms with E-state index in [4.69, 9.17) is 5.11 Å². The highest BCUT2D eigenvalue weighted by atomic mass is 19.1. The van der Waals surface area contributed by atoms with Gasteiger partial charge in [0, 0.05) is 18.3 Å². The molecule has 0 radical (unpaired) electrons. The number of carboxylic acids is 1. The molecule has 6 nitrogen and oxygen atoms in total. The Morgan fingerprint density at radius 2 is 2.08 bits per heavy atom. The van der Waals surface area contributed by atoms with E-state index in [1.165, 1.54) is 24.7 Å². The Balaban J connectivity index is 2.08. The monoisotopic (exact) mass is 345 g/mol. The molecule has 0 saturated carbocycles. The van der Waals surface area contributed by atoms with Crippen LogP contribution in [0.25, 0.3) is 5.69 Å². The van der Waals surface area contributed by atoms with Crippen LogP contribution in [0.5, 0.6) is 0 Å². The van der Waals surface area contributed by atoms with Crippen molar-refractivity contribution in [1.29, 1.82) is 0 Å². The Kier molecular flexibility index (Phi) is 4.32. The highest BCUT2D eigenvalue weighted by Crippen LogP contribution is 2.29. The summed E-state index contributed by atoms with van der Waals surface area (Å²) < 4.78 is 15.8. The molecule has 1 aromatic heterocycles. The van der Waals surface area contributed by atoms with Gasteiger partial charge >= 0.3 is 5.97 Å². The number of carboxylic acid groups (broad SMARTS) is 1. The lowest BCUT2D eigenvalue weighted by molar-refractivity contribution is -0.141. The molecule has 0 fully saturated rings. The van der Waals surface area contributed by atoms with E-state index in [0.717, 1.165) is 28.1 Å². The zero-order valence-electron chi connectivity index (χ0n) is 14.4. The zero-order valence-corrected chi connectivity index (χ0v) is 14.4. The summed E-state index contributed by atoms with van der Waals surface area (Å²) in [5.41, 5.74) is 3.03. The van der Waals surface area contributed by atoms with Gasteiger partial charge in [0.25, 0.3) is 5.91 Å². The Bertz CT molecular complexity index is 859. The van der Waals surface area contributed by atoms with Crippen molar-refractivity contribution in [1.82, 2.24) is 14.7 Å². The molecule has 1 aliphatic rings. The fraction of sp³-hybridized carbons (Fsp3) is 0.389. The first-order valence-corrected chi connectivity index (χ1v) is 8.18. The first kappa shape index (κ1) is 17.1. The summed E-state index contributed by atoms with van der Waals surface area (Å²) in [6.45, 7) is 3.30. The number of rotatable bonds is 4. The summed E-state index contributed by atoms with van der Waals surface area (Å²) >= 11 is 0. The molecule has 3 rings (SSSR count). The average molecular weight is 345 g/mol. The van der Waals surface area contributed by atoms with Crippen LogP contribution in [0.2, 0.25) is 0 Å². The number of hydrogen-bond donors (Lipinski definition) is 1. The highest BCUT2D eigenvalue weighted by molar-refractivity contribution is 5.96. The molecule has 0 spiro atoms. The number of fused-ring (bicyclic) bond motifs is 1. The van der Waals surface area contributed by atoms with Gasteiger partial charge in [0.15, 0.2) is 5.69 Å². The van der Waals surface area contributed by atoms with E-state index in [1.807, 2.05) is 6.92 Å². The first-order valence-electron chi connectivity index (χ1n) is 8.18. The Hall–Kier alpha value is -2.70. The van der Waals surface area contributed by atoms with Crippen molar-refractivity contribution in [3.05, 3.63) is 46.5 Å². The minimum Gasteiger partial charge on any atom is -0.480 e. The molecule has 1 amide bonds. The van der Waals surface area contributed by atoms with Gasteiger partial charge in [-0.05, 0) is 50.8 Å². The number of nitrogens with zero attached hydrogens (tertiary/aromatic N) is 3. The molecule has 2 aromatic rings. The van der Waals surface area contributed by atoms with Crippen molar-refractivity contribution in [3.8, 4) is 5.69 Å². The van der Waals surface area contributed by atoms with E-state index in [9.17, 15) is 14.0 Å². The van der Waals surface area contributed by atoms with Crippen LogP contribution in [-0.2, 0) is 17.6 Å². The number of carbonyl (C=O) groups is 2. The van der Waals surface area contributed by atoms with Gasteiger partial charge in [-0.3, -0.25) is 4.79 Å². The van der Waals surface area contributed by atoms with Gasteiger partial charge in [-0.1, -0.05) is 6.07 Å². The number of likely N-dealkylation sites (N-methyl/N-ethyl adjacent to an activating group) is 1. The molecule has 1 N–H and O–H groups in total. The Morgan fingerprint density at radius 1 is 1.36 bits per heavy atom. The van der Waals surface area contributed by atoms with E-state index in [-0.39, 0.29) is 5.69 Å². The number of carbonyl (C=O) groups excluding carboxylic acids is 1. The maximum Gasteiger partial charge on any atom is 0.326 e. The molecule has 0 saturated heterocycles. The van der Waals surface area contributed by atoms with Gasteiger partial charge in [0.2, 0.25) is 0 Å². The molecule has 1 aromatic carbocycles. The molecule has 0 bridgehead atoms. The number of aliphatic carboxylic acids is 1. The molecular formula is C18H20FN3O3. The standard InChI is InChI=1S/C18H20FN3O3/c1-10-7-8-13(19)15(9-10)22-14-6-4-5-12(14)16(20-22)17(23)21(3)11(2)18(24)25/h7-9,11H,4-6H2,1-3H3,(H,24,25). The molecule has 7 heteroatoms. The van der Waals surface area contributed by atoms with E-state index in [1.54, 1.807) is 12.1 Å². The van der Waals surface area contributed by atoms with Crippen LogP contribution >= 0.6 is 0 Å². The van der Waals surface area contributed by atoms with E-state index >= 15 is 0 Å². The summed E-state index contributed by atoms with van der Waals surface area (Å²) in [6, 6.07) is 3.79. The number of benzene rings is 1. The van der Waals surface area contributed by atoms with E-state index in [2.05, 4.69) is 5.10 Å². The third-order valence-electron chi connectivity index (χ3n) is 4.72. The van der Waals surface area contributed by atoms with Crippen LogP contribution in [0.4, 0.5) is 4.39 Å². The predicted molar refractivity (Wildman–Crippen MR) is 89.5 cm³/mol. The van der Waals surface area contributed by atoms with Gasteiger partial charge in [-0.2, -0.15) is 5.10 Å². The average Bonchev–Trinajstić information content (AvgIpc) is 3.17. The van der Waals surface area contributed by atoms with Crippen LogP contribution in [0.3, 0.4) is 0 Å². The second kappa shape index (κ2) is 6.31. The number of amides is 1. The summed E-state index contributed by atoms with van der Waals surface area (Å²) in [4.78, 5) is 25.0. The summed E-state index contributed by atoms with van der Waals surface area (Å²) in [7, 11) is 1.44.